The van der Waals surface area contributed by atoms with Gasteiger partial charge in [0.1, 0.15) is 10.1 Å². The zero-order chi connectivity index (χ0) is 20.7. The molecule has 0 aliphatic carbocycles. The maximum absolute atomic E-state index is 11.8. The molecule has 0 N–H and O–H groups in total. The van der Waals surface area contributed by atoms with Gasteiger partial charge in [-0.15, -0.1) is 0 Å². The second-order valence-corrected chi connectivity index (χ2v) is 8.57. The third-order valence-electron chi connectivity index (χ3n) is 5.41. The summed E-state index contributed by atoms with van der Waals surface area (Å²) in [4.78, 5) is -0.221. The molecule has 0 unspecified atom stereocenters. The van der Waals surface area contributed by atoms with Crippen LogP contribution in [0.15, 0.2) is 108 Å². The Balaban J connectivity index is 0.00000231. The molecule has 0 saturated carbocycles. The van der Waals surface area contributed by atoms with Crippen LogP contribution in [0.25, 0.3) is 43.8 Å². The molecule has 0 aliphatic heterocycles. The smallest absolute Gasteiger partial charge is 0.744 e. The molecule has 0 aliphatic rings. The second-order valence-electron chi connectivity index (χ2n) is 7.19. The fraction of sp³-hybridized carbons (Fsp3) is 0. The van der Waals surface area contributed by atoms with Crippen LogP contribution in [0.1, 0.15) is 0 Å². The van der Waals surface area contributed by atoms with Gasteiger partial charge in [0.2, 0.25) is 0 Å². The molecule has 0 fully saturated rings. The predicted octanol–water partition coefficient (Wildman–Crippen LogP) is 3.24. The van der Waals surface area contributed by atoms with Crippen molar-refractivity contribution >= 4 is 31.7 Å². The molecular formula is C26H17NaO3S. The van der Waals surface area contributed by atoms with Gasteiger partial charge in [-0.2, -0.15) is 0 Å². The predicted molar refractivity (Wildman–Crippen MR) is 120 cm³/mol. The summed E-state index contributed by atoms with van der Waals surface area (Å²) in [5.74, 6) is 0. The van der Waals surface area contributed by atoms with E-state index >= 15 is 0 Å². The van der Waals surface area contributed by atoms with Crippen molar-refractivity contribution in [2.45, 2.75) is 4.90 Å². The average molecular weight is 432 g/mol. The van der Waals surface area contributed by atoms with Gasteiger partial charge in [0.25, 0.3) is 0 Å². The third-order valence-corrected chi connectivity index (χ3v) is 6.24. The van der Waals surface area contributed by atoms with Gasteiger partial charge in [0.15, 0.2) is 0 Å². The van der Waals surface area contributed by atoms with E-state index < -0.39 is 10.1 Å². The van der Waals surface area contributed by atoms with Gasteiger partial charge in [-0.05, 0) is 55.9 Å². The molecule has 0 radical (unpaired) electrons. The normalized spacial score (nSPS) is 11.4. The van der Waals surface area contributed by atoms with E-state index in [1.165, 1.54) is 12.1 Å². The molecule has 5 rings (SSSR count). The van der Waals surface area contributed by atoms with Crippen molar-refractivity contribution < 1.29 is 42.5 Å². The fourth-order valence-electron chi connectivity index (χ4n) is 4.14. The van der Waals surface area contributed by atoms with Gasteiger partial charge in [0.05, 0.1) is 4.90 Å². The van der Waals surface area contributed by atoms with E-state index in [9.17, 15) is 13.0 Å². The van der Waals surface area contributed by atoms with Crippen LogP contribution in [-0.2, 0) is 10.1 Å². The van der Waals surface area contributed by atoms with Crippen molar-refractivity contribution in [2.75, 3.05) is 0 Å². The van der Waals surface area contributed by atoms with Crippen LogP contribution in [0.4, 0.5) is 0 Å². The Kier molecular flexibility index (Phi) is 6.02. The molecule has 0 atom stereocenters. The van der Waals surface area contributed by atoms with E-state index in [1.54, 1.807) is 6.07 Å². The van der Waals surface area contributed by atoms with Crippen LogP contribution in [0.3, 0.4) is 0 Å². The van der Waals surface area contributed by atoms with E-state index in [1.807, 2.05) is 78.9 Å². The fourth-order valence-corrected chi connectivity index (χ4v) is 4.64. The van der Waals surface area contributed by atoms with E-state index in [0.717, 1.165) is 43.8 Å². The summed E-state index contributed by atoms with van der Waals surface area (Å²) in [6.07, 6.45) is 0. The number of fused-ring (bicyclic) bond motifs is 2. The van der Waals surface area contributed by atoms with Crippen LogP contribution < -0.4 is 29.6 Å². The summed E-state index contributed by atoms with van der Waals surface area (Å²) in [6.45, 7) is 0. The number of rotatable bonds is 3. The van der Waals surface area contributed by atoms with E-state index in [0.29, 0.717) is 0 Å². The second kappa shape index (κ2) is 8.58. The van der Waals surface area contributed by atoms with Gasteiger partial charge in [-0.25, -0.2) is 8.42 Å². The molecule has 0 heterocycles. The first-order valence-corrected chi connectivity index (χ1v) is 11.0. The SMILES string of the molecule is O=S(=O)([O-])c1ccc2c(-c3ccccc3)c3ccccc3c(-c3ccccc3)c2c1.[Na+]. The van der Waals surface area contributed by atoms with Crippen molar-refractivity contribution in [3.63, 3.8) is 0 Å². The van der Waals surface area contributed by atoms with Crippen molar-refractivity contribution in [3.8, 4) is 22.3 Å². The van der Waals surface area contributed by atoms with Crippen LogP contribution in [-0.4, -0.2) is 13.0 Å². The van der Waals surface area contributed by atoms with Gasteiger partial charge in [-0.1, -0.05) is 91.0 Å². The molecular weight excluding hydrogens is 415 g/mol. The molecule has 0 saturated heterocycles. The maximum atomic E-state index is 11.8. The van der Waals surface area contributed by atoms with Gasteiger partial charge >= 0.3 is 29.6 Å². The van der Waals surface area contributed by atoms with Crippen LogP contribution in [0.2, 0.25) is 0 Å². The van der Waals surface area contributed by atoms with Gasteiger partial charge in [-0.3, -0.25) is 0 Å². The molecule has 0 amide bonds. The first kappa shape index (κ1) is 21.8. The molecule has 5 aromatic rings. The number of hydrogen-bond donors (Lipinski definition) is 0. The van der Waals surface area contributed by atoms with E-state index in [2.05, 4.69) is 6.07 Å². The minimum atomic E-state index is -4.57. The van der Waals surface area contributed by atoms with Gasteiger partial charge in [0, 0.05) is 0 Å². The molecule has 31 heavy (non-hydrogen) atoms. The Bertz CT molecular complexity index is 1500. The summed E-state index contributed by atoms with van der Waals surface area (Å²) in [5.41, 5.74) is 3.96. The summed E-state index contributed by atoms with van der Waals surface area (Å²) >= 11 is 0. The summed E-state index contributed by atoms with van der Waals surface area (Å²) in [5, 5.41) is 3.74. The summed E-state index contributed by atoms with van der Waals surface area (Å²) in [7, 11) is -4.57. The molecule has 5 heteroatoms. The zero-order valence-electron chi connectivity index (χ0n) is 16.9. The molecule has 3 nitrogen and oxygen atoms in total. The Morgan fingerprint density at radius 1 is 0.516 bits per heavy atom. The van der Waals surface area contributed by atoms with Crippen molar-refractivity contribution in [2.24, 2.45) is 0 Å². The van der Waals surface area contributed by atoms with E-state index in [4.69, 9.17) is 0 Å². The molecule has 0 aromatic heterocycles. The average Bonchev–Trinajstić information content (AvgIpc) is 2.77. The zero-order valence-corrected chi connectivity index (χ0v) is 19.8. The Hall–Kier alpha value is -2.47. The number of benzene rings is 5. The van der Waals surface area contributed by atoms with Gasteiger partial charge < -0.3 is 4.55 Å². The summed E-state index contributed by atoms with van der Waals surface area (Å²) < 4.78 is 35.4. The largest absolute Gasteiger partial charge is 1.00 e. The number of hydrogen-bond acceptors (Lipinski definition) is 3. The Labute approximate surface area is 203 Å². The van der Waals surface area contributed by atoms with E-state index in [-0.39, 0.29) is 34.5 Å². The first-order chi connectivity index (χ1) is 14.5. The topological polar surface area (TPSA) is 57.2 Å². The van der Waals surface area contributed by atoms with Crippen molar-refractivity contribution in [1.82, 2.24) is 0 Å². The minimum absolute atomic E-state index is 0. The third kappa shape index (κ3) is 3.93. The van der Waals surface area contributed by atoms with Crippen LogP contribution >= 0.6 is 0 Å². The minimum Gasteiger partial charge on any atom is -0.744 e. The molecule has 5 aromatic carbocycles. The monoisotopic (exact) mass is 432 g/mol. The first-order valence-electron chi connectivity index (χ1n) is 9.59. The van der Waals surface area contributed by atoms with Crippen molar-refractivity contribution in [3.05, 3.63) is 103 Å². The van der Waals surface area contributed by atoms with Crippen LogP contribution in [0.5, 0.6) is 0 Å². The standard InChI is InChI=1S/C26H18O3S.Na/c27-30(28,29)20-15-16-23-24(17-20)26(19-11-5-2-6-12-19)22-14-8-7-13-21(22)25(23)18-9-3-1-4-10-18;/h1-17H,(H,27,28,29);/q;+1/p-1. The maximum Gasteiger partial charge on any atom is 1.00 e. The Morgan fingerprint density at radius 3 is 1.42 bits per heavy atom. The summed E-state index contributed by atoms with van der Waals surface area (Å²) in [6, 6.07) is 32.7. The van der Waals surface area contributed by atoms with Crippen molar-refractivity contribution in [1.29, 1.82) is 0 Å². The molecule has 0 spiro atoms. The molecule has 146 valence electrons. The molecule has 0 bridgehead atoms. The Morgan fingerprint density at radius 2 is 0.935 bits per heavy atom. The van der Waals surface area contributed by atoms with Crippen LogP contribution in [0, 0.1) is 0 Å². The quantitative estimate of drug-likeness (QED) is 0.250.